The predicted octanol–water partition coefficient (Wildman–Crippen LogP) is 3.62. The van der Waals surface area contributed by atoms with E-state index in [1.807, 2.05) is 0 Å². The van der Waals surface area contributed by atoms with Crippen LogP contribution >= 0.6 is 11.6 Å². The maximum atomic E-state index is 13.5. The molecule has 0 aliphatic carbocycles. The summed E-state index contributed by atoms with van der Waals surface area (Å²) >= 11 is 5.85. The van der Waals surface area contributed by atoms with Crippen LogP contribution in [0.2, 0.25) is 5.02 Å². The number of fused-ring (bicyclic) bond motifs is 6. The van der Waals surface area contributed by atoms with Crippen LogP contribution in [0, 0.1) is 21.4 Å². The van der Waals surface area contributed by atoms with E-state index in [0.29, 0.717) is 22.0 Å². The molecule has 2 atom stereocenters. The van der Waals surface area contributed by atoms with Crippen LogP contribution in [0.25, 0.3) is 16.5 Å². The Labute approximate surface area is 214 Å². The lowest BCUT2D eigenvalue weighted by molar-refractivity contribution is -0.384. The third kappa shape index (κ3) is 3.15. The topological polar surface area (TPSA) is 151 Å². The van der Waals surface area contributed by atoms with Crippen molar-refractivity contribution in [3.63, 3.8) is 0 Å². The Balaban J connectivity index is 1.48. The number of benzene rings is 3. The number of aromatic hydroxyl groups is 1. The molecule has 4 aromatic rings. The lowest BCUT2D eigenvalue weighted by Crippen LogP contribution is -2.37. The first-order valence-corrected chi connectivity index (χ1v) is 12.9. The standard InChI is InChI=1S/C24H16ClN5O6S/c25-18-7-6-15(10-20(18)30(33)34)37(35,36)27-12-14-9-21(27)22-23(31)29(24(32)28(14)22)19-8-5-13(11-26)16-3-1-2-4-17(16)19/h1-8,10,14,21,31H,9,12H2/t14-,21-/m0/s1. The van der Waals surface area contributed by atoms with E-state index in [1.54, 1.807) is 36.4 Å². The van der Waals surface area contributed by atoms with E-state index >= 15 is 0 Å². The lowest BCUT2D eigenvalue weighted by Gasteiger charge is -2.26. The molecule has 1 N–H and O–H groups in total. The Bertz CT molecular complexity index is 1870. The fraction of sp³-hybridized carbons (Fsp3) is 0.167. The number of nitro benzene ring substituents is 1. The number of nitrogens with zero attached hydrogens (tertiary/aromatic N) is 5. The van der Waals surface area contributed by atoms with Crippen LogP contribution in [0.1, 0.15) is 29.8 Å². The Hall–Kier alpha value is -4.18. The highest BCUT2D eigenvalue weighted by molar-refractivity contribution is 7.89. The van der Waals surface area contributed by atoms with Gasteiger partial charge in [0.2, 0.25) is 15.9 Å². The van der Waals surface area contributed by atoms with Crippen molar-refractivity contribution in [1.29, 1.82) is 5.26 Å². The largest absolute Gasteiger partial charge is 0.493 e. The van der Waals surface area contributed by atoms with E-state index in [4.69, 9.17) is 11.6 Å². The van der Waals surface area contributed by atoms with Crippen molar-refractivity contribution < 1.29 is 18.4 Å². The van der Waals surface area contributed by atoms with E-state index in [9.17, 15) is 33.7 Å². The summed E-state index contributed by atoms with van der Waals surface area (Å²) in [4.78, 5) is 23.7. The van der Waals surface area contributed by atoms with Crippen molar-refractivity contribution in [2.45, 2.75) is 23.4 Å². The normalized spacial score (nSPS) is 18.7. The molecule has 13 heteroatoms. The molecule has 2 bridgehead atoms. The van der Waals surface area contributed by atoms with E-state index in [1.165, 1.54) is 10.6 Å². The van der Waals surface area contributed by atoms with Crippen molar-refractivity contribution in [3.05, 3.63) is 91.5 Å². The van der Waals surface area contributed by atoms with Crippen LogP contribution in [0.3, 0.4) is 0 Å². The summed E-state index contributed by atoms with van der Waals surface area (Å²) in [5.74, 6) is -0.394. The van der Waals surface area contributed by atoms with Crippen LogP contribution in [0.5, 0.6) is 5.88 Å². The number of nitriles is 1. The fourth-order valence-electron chi connectivity index (χ4n) is 5.39. The number of halogens is 1. The molecule has 3 aromatic carbocycles. The quantitative estimate of drug-likeness (QED) is 0.308. The summed E-state index contributed by atoms with van der Waals surface area (Å²) in [5.41, 5.74) is -0.129. The zero-order valence-corrected chi connectivity index (χ0v) is 20.3. The first-order chi connectivity index (χ1) is 17.6. The minimum absolute atomic E-state index is 0.0338. The molecule has 2 aliphatic heterocycles. The van der Waals surface area contributed by atoms with Gasteiger partial charge in [-0.2, -0.15) is 9.57 Å². The summed E-state index contributed by atoms with van der Waals surface area (Å²) in [6.07, 6.45) is 0.280. The van der Waals surface area contributed by atoms with Crippen LogP contribution in [-0.4, -0.2) is 38.4 Å². The van der Waals surface area contributed by atoms with Gasteiger partial charge in [0.15, 0.2) is 0 Å². The van der Waals surface area contributed by atoms with Crippen molar-refractivity contribution in [2.24, 2.45) is 0 Å². The SMILES string of the molecule is N#Cc1ccc(-n2c(O)c3n(c2=O)[C@H]2C[C@@H]3N(S(=O)(=O)c3ccc(Cl)c([N+](=O)[O-])c3)C2)c2ccccc12. The molecule has 6 rings (SSSR count). The van der Waals surface area contributed by atoms with Crippen LogP contribution in [0.4, 0.5) is 5.69 Å². The maximum absolute atomic E-state index is 13.5. The highest BCUT2D eigenvalue weighted by atomic mass is 35.5. The van der Waals surface area contributed by atoms with Gasteiger partial charge < -0.3 is 5.11 Å². The van der Waals surface area contributed by atoms with Crippen LogP contribution < -0.4 is 5.69 Å². The van der Waals surface area contributed by atoms with E-state index in [-0.39, 0.29) is 28.6 Å². The van der Waals surface area contributed by atoms with Crippen molar-refractivity contribution >= 4 is 38.1 Å². The molecular formula is C24H16ClN5O6S. The van der Waals surface area contributed by atoms with Gasteiger partial charge in [-0.3, -0.25) is 14.7 Å². The Morgan fingerprint density at radius 1 is 1.14 bits per heavy atom. The number of rotatable bonds is 4. The average molecular weight is 538 g/mol. The molecule has 3 heterocycles. The zero-order valence-electron chi connectivity index (χ0n) is 18.8. The number of nitro groups is 1. The molecule has 11 nitrogen and oxygen atoms in total. The molecule has 0 saturated carbocycles. The molecule has 0 radical (unpaired) electrons. The van der Waals surface area contributed by atoms with Crippen molar-refractivity contribution in [3.8, 4) is 17.6 Å². The second kappa shape index (κ2) is 7.91. The van der Waals surface area contributed by atoms with Crippen molar-refractivity contribution in [1.82, 2.24) is 13.4 Å². The number of hydrogen-bond donors (Lipinski definition) is 1. The first-order valence-electron chi connectivity index (χ1n) is 11.1. The van der Waals surface area contributed by atoms with Gasteiger partial charge in [0.25, 0.3) is 5.69 Å². The summed E-state index contributed by atoms with van der Waals surface area (Å²) in [6, 6.07) is 14.1. The average Bonchev–Trinajstić information content (AvgIpc) is 3.55. The number of sulfonamides is 1. The minimum Gasteiger partial charge on any atom is -0.493 e. The Morgan fingerprint density at radius 2 is 1.86 bits per heavy atom. The number of imidazole rings is 1. The number of aromatic nitrogens is 2. The maximum Gasteiger partial charge on any atom is 0.336 e. The van der Waals surface area contributed by atoms with Gasteiger partial charge in [-0.15, -0.1) is 0 Å². The fourth-order valence-corrected chi connectivity index (χ4v) is 7.24. The van der Waals surface area contributed by atoms with Gasteiger partial charge in [-0.25, -0.2) is 17.8 Å². The second-order valence-electron chi connectivity index (χ2n) is 8.84. The Kier molecular flexibility index (Phi) is 4.97. The van der Waals surface area contributed by atoms with E-state index in [2.05, 4.69) is 6.07 Å². The minimum atomic E-state index is -4.22. The summed E-state index contributed by atoms with van der Waals surface area (Å²) < 4.78 is 30.7. The third-order valence-electron chi connectivity index (χ3n) is 7.00. The summed E-state index contributed by atoms with van der Waals surface area (Å²) in [7, 11) is -4.22. The molecule has 0 amide bonds. The molecule has 1 fully saturated rings. The smallest absolute Gasteiger partial charge is 0.336 e. The highest BCUT2D eigenvalue weighted by Crippen LogP contribution is 2.51. The highest BCUT2D eigenvalue weighted by Gasteiger charge is 2.52. The third-order valence-corrected chi connectivity index (χ3v) is 9.19. The molecular weight excluding hydrogens is 522 g/mol. The monoisotopic (exact) mass is 537 g/mol. The molecule has 0 unspecified atom stereocenters. The van der Waals surface area contributed by atoms with Crippen molar-refractivity contribution in [2.75, 3.05) is 6.54 Å². The Morgan fingerprint density at radius 3 is 2.57 bits per heavy atom. The molecule has 1 saturated heterocycles. The lowest BCUT2D eigenvalue weighted by atomic mass is 10.0. The van der Waals surface area contributed by atoms with Crippen LogP contribution in [0.15, 0.2) is 64.3 Å². The van der Waals surface area contributed by atoms with E-state index in [0.717, 1.165) is 21.0 Å². The van der Waals surface area contributed by atoms with Gasteiger partial charge in [0.1, 0.15) is 10.7 Å². The van der Waals surface area contributed by atoms with Gasteiger partial charge >= 0.3 is 5.69 Å². The molecule has 0 spiro atoms. The van der Waals surface area contributed by atoms with Gasteiger partial charge in [0.05, 0.1) is 39.2 Å². The molecule has 186 valence electrons. The molecule has 1 aromatic heterocycles. The predicted molar refractivity (Wildman–Crippen MR) is 132 cm³/mol. The second-order valence-corrected chi connectivity index (χ2v) is 11.1. The number of hydrogen-bond acceptors (Lipinski definition) is 7. The van der Waals surface area contributed by atoms with Gasteiger partial charge in [-0.1, -0.05) is 35.9 Å². The van der Waals surface area contributed by atoms with Crippen LogP contribution in [-0.2, 0) is 10.0 Å². The summed E-state index contributed by atoms with van der Waals surface area (Å²) in [5, 5.41) is 33.0. The van der Waals surface area contributed by atoms with Gasteiger partial charge in [0, 0.05) is 23.4 Å². The first kappa shape index (κ1) is 23.2. The van der Waals surface area contributed by atoms with Gasteiger partial charge in [-0.05, 0) is 30.7 Å². The van der Waals surface area contributed by atoms with E-state index < -0.39 is 44.3 Å². The zero-order chi connectivity index (χ0) is 26.2. The summed E-state index contributed by atoms with van der Waals surface area (Å²) in [6.45, 7) is -0.0338. The molecule has 2 aliphatic rings. The molecule has 37 heavy (non-hydrogen) atoms.